The van der Waals surface area contributed by atoms with E-state index in [1.165, 1.54) is 43.5 Å². The molecule has 0 spiro atoms. The van der Waals surface area contributed by atoms with E-state index in [2.05, 4.69) is 0 Å². The van der Waals surface area contributed by atoms with Crippen molar-refractivity contribution in [3.05, 3.63) is 65.5 Å². The molecular formula is C16H16FNO4S. The van der Waals surface area contributed by atoms with Gasteiger partial charge in [-0.05, 0) is 29.8 Å². The van der Waals surface area contributed by atoms with E-state index in [0.717, 1.165) is 10.6 Å². The van der Waals surface area contributed by atoms with Gasteiger partial charge in [-0.25, -0.2) is 17.6 Å². The fraction of sp³-hybridized carbons (Fsp3) is 0.188. The Morgan fingerprint density at radius 3 is 2.30 bits per heavy atom. The molecule has 0 aromatic heterocycles. The summed E-state index contributed by atoms with van der Waals surface area (Å²) in [5.41, 5.74) is 0.949. The lowest BCUT2D eigenvalue weighted by Crippen LogP contribution is -2.30. The first-order chi connectivity index (χ1) is 10.8. The number of ether oxygens (including phenoxy) is 1. The summed E-state index contributed by atoms with van der Waals surface area (Å²) < 4.78 is 43.1. The lowest BCUT2D eigenvalue weighted by molar-refractivity contribution is 0.0601. The maximum absolute atomic E-state index is 13.0. The summed E-state index contributed by atoms with van der Waals surface area (Å²) >= 11 is 0. The van der Waals surface area contributed by atoms with Crippen molar-refractivity contribution in [2.45, 2.75) is 6.54 Å². The standard InChI is InChI=1S/C16H16FNO4S/c1-22-16(19)14-5-3-4-6-15(14)18(23(2,20)21)11-12-7-9-13(17)10-8-12/h3-10H,11H2,1-2H3. The molecule has 2 aromatic carbocycles. The molecule has 23 heavy (non-hydrogen) atoms. The maximum Gasteiger partial charge on any atom is 0.340 e. The molecule has 122 valence electrons. The first kappa shape index (κ1) is 17.0. The molecule has 0 radical (unpaired) electrons. The largest absolute Gasteiger partial charge is 0.465 e. The van der Waals surface area contributed by atoms with Crippen molar-refractivity contribution in [2.24, 2.45) is 0 Å². The van der Waals surface area contributed by atoms with Crippen molar-refractivity contribution < 1.29 is 22.3 Å². The van der Waals surface area contributed by atoms with Gasteiger partial charge in [0.2, 0.25) is 10.0 Å². The molecule has 0 N–H and O–H groups in total. The van der Waals surface area contributed by atoms with E-state index in [9.17, 15) is 17.6 Å². The van der Waals surface area contributed by atoms with Crippen LogP contribution >= 0.6 is 0 Å². The van der Waals surface area contributed by atoms with Crippen LogP contribution in [-0.4, -0.2) is 27.8 Å². The van der Waals surface area contributed by atoms with E-state index in [0.29, 0.717) is 5.56 Å². The van der Waals surface area contributed by atoms with Crippen LogP contribution in [0.1, 0.15) is 15.9 Å². The summed E-state index contributed by atoms with van der Waals surface area (Å²) in [6.07, 6.45) is 1.05. The number of nitrogens with zero attached hydrogens (tertiary/aromatic N) is 1. The van der Waals surface area contributed by atoms with Gasteiger partial charge in [0.05, 0.1) is 31.2 Å². The lowest BCUT2D eigenvalue weighted by Gasteiger charge is -2.24. The van der Waals surface area contributed by atoms with Gasteiger partial charge >= 0.3 is 5.97 Å². The Bertz CT molecular complexity index is 803. The minimum atomic E-state index is -3.66. The van der Waals surface area contributed by atoms with Crippen LogP contribution in [0.15, 0.2) is 48.5 Å². The van der Waals surface area contributed by atoms with Crippen LogP contribution in [0.5, 0.6) is 0 Å². The summed E-state index contributed by atoms with van der Waals surface area (Å²) in [6, 6.07) is 11.8. The van der Waals surface area contributed by atoms with Gasteiger partial charge in [0.25, 0.3) is 0 Å². The van der Waals surface area contributed by atoms with Crippen LogP contribution in [-0.2, 0) is 21.3 Å². The zero-order valence-corrected chi connectivity index (χ0v) is 13.5. The van der Waals surface area contributed by atoms with Gasteiger partial charge in [0.1, 0.15) is 5.82 Å². The van der Waals surface area contributed by atoms with E-state index in [4.69, 9.17) is 4.74 Å². The Balaban J connectivity index is 2.49. The molecule has 0 heterocycles. The highest BCUT2D eigenvalue weighted by Crippen LogP contribution is 2.25. The van der Waals surface area contributed by atoms with Crippen molar-refractivity contribution in [2.75, 3.05) is 17.7 Å². The van der Waals surface area contributed by atoms with E-state index < -0.39 is 21.8 Å². The lowest BCUT2D eigenvalue weighted by atomic mass is 10.1. The minimum Gasteiger partial charge on any atom is -0.465 e. The Labute approximate surface area is 134 Å². The summed E-state index contributed by atoms with van der Waals surface area (Å²) in [5.74, 6) is -1.04. The number of hydrogen-bond acceptors (Lipinski definition) is 4. The van der Waals surface area contributed by atoms with Gasteiger partial charge in [-0.3, -0.25) is 4.31 Å². The monoisotopic (exact) mass is 337 g/mol. The summed E-state index contributed by atoms with van der Waals surface area (Å²) in [5, 5.41) is 0. The Hall–Kier alpha value is -2.41. The summed E-state index contributed by atoms with van der Waals surface area (Å²) in [4.78, 5) is 11.9. The second-order valence-corrected chi connectivity index (χ2v) is 6.81. The van der Waals surface area contributed by atoms with E-state index in [-0.39, 0.29) is 17.8 Å². The number of esters is 1. The molecule has 2 rings (SSSR count). The zero-order chi connectivity index (χ0) is 17.0. The number of para-hydroxylation sites is 1. The molecular weight excluding hydrogens is 321 g/mol. The van der Waals surface area contributed by atoms with Crippen LogP contribution < -0.4 is 4.31 Å². The quantitative estimate of drug-likeness (QED) is 0.787. The van der Waals surface area contributed by atoms with Crippen molar-refractivity contribution in [3.63, 3.8) is 0 Å². The fourth-order valence-corrected chi connectivity index (χ4v) is 3.01. The Morgan fingerprint density at radius 2 is 1.74 bits per heavy atom. The Kier molecular flexibility index (Phi) is 5.00. The topological polar surface area (TPSA) is 63.7 Å². The highest BCUT2D eigenvalue weighted by atomic mass is 32.2. The number of anilines is 1. The van der Waals surface area contributed by atoms with Crippen LogP contribution in [0.2, 0.25) is 0 Å². The van der Waals surface area contributed by atoms with Crippen molar-refractivity contribution in [3.8, 4) is 0 Å². The van der Waals surface area contributed by atoms with E-state index >= 15 is 0 Å². The van der Waals surface area contributed by atoms with Crippen molar-refractivity contribution >= 4 is 21.7 Å². The van der Waals surface area contributed by atoms with Gasteiger partial charge in [0.15, 0.2) is 0 Å². The molecule has 0 bridgehead atoms. The number of benzene rings is 2. The molecule has 0 aliphatic heterocycles. The van der Waals surface area contributed by atoms with Crippen LogP contribution in [0.25, 0.3) is 0 Å². The van der Waals surface area contributed by atoms with Gasteiger partial charge in [-0.2, -0.15) is 0 Å². The average Bonchev–Trinajstić information content (AvgIpc) is 2.52. The predicted octanol–water partition coefficient (Wildman–Crippen LogP) is 2.58. The predicted molar refractivity (Wildman–Crippen MR) is 85.2 cm³/mol. The molecule has 5 nitrogen and oxygen atoms in total. The molecule has 0 atom stereocenters. The molecule has 0 aliphatic carbocycles. The molecule has 0 aliphatic rings. The van der Waals surface area contributed by atoms with Crippen molar-refractivity contribution in [1.29, 1.82) is 0 Å². The fourth-order valence-electron chi connectivity index (χ4n) is 2.11. The number of rotatable bonds is 5. The van der Waals surface area contributed by atoms with Crippen molar-refractivity contribution in [1.82, 2.24) is 0 Å². The van der Waals surface area contributed by atoms with Gasteiger partial charge in [-0.15, -0.1) is 0 Å². The van der Waals surface area contributed by atoms with E-state index in [1.54, 1.807) is 12.1 Å². The maximum atomic E-state index is 13.0. The van der Waals surface area contributed by atoms with Gasteiger partial charge < -0.3 is 4.74 Å². The first-order valence-corrected chi connectivity index (χ1v) is 8.57. The third-order valence-corrected chi connectivity index (χ3v) is 4.34. The normalized spacial score (nSPS) is 11.1. The molecule has 7 heteroatoms. The zero-order valence-electron chi connectivity index (χ0n) is 12.7. The first-order valence-electron chi connectivity index (χ1n) is 6.72. The highest BCUT2D eigenvalue weighted by molar-refractivity contribution is 7.92. The smallest absolute Gasteiger partial charge is 0.340 e. The number of carbonyl (C=O) groups excluding carboxylic acids is 1. The average molecular weight is 337 g/mol. The number of methoxy groups -OCH3 is 1. The van der Waals surface area contributed by atoms with E-state index in [1.807, 2.05) is 0 Å². The molecule has 0 fully saturated rings. The second-order valence-electron chi connectivity index (χ2n) is 4.90. The van der Waals surface area contributed by atoms with Crippen LogP contribution in [0.3, 0.4) is 0 Å². The number of sulfonamides is 1. The van der Waals surface area contributed by atoms with Gasteiger partial charge in [0, 0.05) is 0 Å². The summed E-state index contributed by atoms with van der Waals surface area (Å²) in [7, 11) is -2.43. The number of halogens is 1. The molecule has 0 unspecified atom stereocenters. The minimum absolute atomic E-state index is 0.0207. The molecule has 0 amide bonds. The van der Waals surface area contributed by atoms with Crippen LogP contribution in [0.4, 0.5) is 10.1 Å². The second kappa shape index (κ2) is 6.78. The highest BCUT2D eigenvalue weighted by Gasteiger charge is 2.23. The number of carbonyl (C=O) groups is 1. The molecule has 2 aromatic rings. The molecule has 0 saturated carbocycles. The third-order valence-electron chi connectivity index (χ3n) is 3.22. The third kappa shape index (κ3) is 4.07. The van der Waals surface area contributed by atoms with Gasteiger partial charge in [-0.1, -0.05) is 24.3 Å². The SMILES string of the molecule is COC(=O)c1ccccc1N(Cc1ccc(F)cc1)S(C)(=O)=O. The molecule has 0 saturated heterocycles. The van der Waals surface area contributed by atoms with Crippen LogP contribution in [0, 0.1) is 5.82 Å². The summed E-state index contributed by atoms with van der Waals surface area (Å²) in [6.45, 7) is -0.0207. The Morgan fingerprint density at radius 1 is 1.13 bits per heavy atom. The number of hydrogen-bond donors (Lipinski definition) is 0.